The van der Waals surface area contributed by atoms with Gasteiger partial charge in [-0.05, 0) is 41.9 Å². The summed E-state index contributed by atoms with van der Waals surface area (Å²) < 4.78 is 1.07. The van der Waals surface area contributed by atoms with Crippen LogP contribution in [0.15, 0.2) is 47.1 Å². The minimum Gasteiger partial charge on any atom is -0.260 e. The Morgan fingerprint density at radius 2 is 2.33 bits per heavy atom. The van der Waals surface area contributed by atoms with Crippen LogP contribution in [0.5, 0.6) is 0 Å². The van der Waals surface area contributed by atoms with Gasteiger partial charge < -0.3 is 0 Å². The molecule has 0 unspecified atom stereocenters. The molecule has 1 heterocycles. The van der Waals surface area contributed by atoms with Crippen molar-refractivity contribution in [1.29, 1.82) is 0 Å². The number of allylic oxidation sites excluding steroid dienone is 3. The molecule has 1 atom stereocenters. The summed E-state index contributed by atoms with van der Waals surface area (Å²) in [6, 6.07) is 3.95. The molecule has 0 amide bonds. The van der Waals surface area contributed by atoms with E-state index in [9.17, 15) is 0 Å². The Morgan fingerprint density at radius 1 is 1.60 bits per heavy atom. The largest absolute Gasteiger partial charge is 0.260 e. The van der Waals surface area contributed by atoms with Crippen LogP contribution in [0.4, 0.5) is 0 Å². The van der Waals surface area contributed by atoms with Gasteiger partial charge in [0.25, 0.3) is 0 Å². The second kappa shape index (κ2) is 5.86. The van der Waals surface area contributed by atoms with Crippen LogP contribution in [0.1, 0.15) is 19.5 Å². The highest BCUT2D eigenvalue weighted by Crippen LogP contribution is 2.19. The van der Waals surface area contributed by atoms with Gasteiger partial charge in [0.05, 0.1) is 5.69 Å². The lowest BCUT2D eigenvalue weighted by Gasteiger charge is -2.09. The number of halogens is 1. The van der Waals surface area contributed by atoms with E-state index >= 15 is 0 Å². The second-order valence-electron chi connectivity index (χ2n) is 3.78. The van der Waals surface area contributed by atoms with E-state index in [0.717, 1.165) is 16.6 Å². The molecule has 0 saturated heterocycles. The average Bonchev–Trinajstić information content (AvgIpc) is 2.19. The first kappa shape index (κ1) is 12.2. The van der Waals surface area contributed by atoms with Crippen LogP contribution in [-0.2, 0) is 6.42 Å². The van der Waals surface area contributed by atoms with Crippen LogP contribution in [0.2, 0.25) is 0 Å². The molecule has 0 aliphatic heterocycles. The molecule has 0 fully saturated rings. The van der Waals surface area contributed by atoms with Crippen LogP contribution in [0.25, 0.3) is 0 Å². The van der Waals surface area contributed by atoms with Gasteiger partial charge in [-0.2, -0.15) is 0 Å². The van der Waals surface area contributed by atoms with Crippen LogP contribution in [0, 0.1) is 5.92 Å². The predicted octanol–water partition coefficient (Wildman–Crippen LogP) is 4.16. The third-order valence-corrected chi connectivity index (χ3v) is 2.84. The van der Waals surface area contributed by atoms with Crippen molar-refractivity contribution in [3.63, 3.8) is 0 Å². The van der Waals surface area contributed by atoms with E-state index in [-0.39, 0.29) is 0 Å². The monoisotopic (exact) mass is 265 g/mol. The Kier molecular flexibility index (Phi) is 4.76. The summed E-state index contributed by atoms with van der Waals surface area (Å²) in [5.74, 6) is 0.362. The van der Waals surface area contributed by atoms with Crippen LogP contribution < -0.4 is 0 Å². The Morgan fingerprint density at radius 3 is 2.87 bits per heavy atom. The van der Waals surface area contributed by atoms with Crippen molar-refractivity contribution in [3.05, 3.63) is 52.8 Å². The van der Waals surface area contributed by atoms with Crippen molar-refractivity contribution in [2.75, 3.05) is 0 Å². The third-order valence-electron chi connectivity index (χ3n) is 2.11. The SMILES string of the molecule is C=C[C@@H](C=C(C)C)Cc1ncccc1Br. The molecule has 0 aliphatic rings. The maximum Gasteiger partial charge on any atom is 0.0554 e. The Bertz CT molecular complexity index is 365. The maximum absolute atomic E-state index is 4.35. The summed E-state index contributed by atoms with van der Waals surface area (Å²) in [6.45, 7) is 8.05. The fraction of sp³-hybridized carbons (Fsp3) is 0.308. The Balaban J connectivity index is 2.80. The first-order valence-corrected chi connectivity index (χ1v) is 5.79. The zero-order valence-electron chi connectivity index (χ0n) is 9.20. The normalized spacial score (nSPS) is 11.9. The van der Waals surface area contributed by atoms with Crippen molar-refractivity contribution in [2.24, 2.45) is 5.92 Å². The maximum atomic E-state index is 4.35. The van der Waals surface area contributed by atoms with Crippen molar-refractivity contribution < 1.29 is 0 Å². The van der Waals surface area contributed by atoms with Crippen molar-refractivity contribution in [3.8, 4) is 0 Å². The predicted molar refractivity (Wildman–Crippen MR) is 68.8 cm³/mol. The van der Waals surface area contributed by atoms with Crippen LogP contribution >= 0.6 is 15.9 Å². The topological polar surface area (TPSA) is 12.9 Å². The lowest BCUT2D eigenvalue weighted by atomic mass is 10.0. The second-order valence-corrected chi connectivity index (χ2v) is 4.63. The Hall–Kier alpha value is -0.890. The molecule has 0 N–H and O–H groups in total. The van der Waals surface area contributed by atoms with Gasteiger partial charge in [-0.25, -0.2) is 0 Å². The van der Waals surface area contributed by atoms with Crippen LogP contribution in [0.3, 0.4) is 0 Å². The molecule has 0 radical (unpaired) electrons. The van der Waals surface area contributed by atoms with Crippen LogP contribution in [-0.4, -0.2) is 4.98 Å². The molecule has 0 spiro atoms. The van der Waals surface area contributed by atoms with Gasteiger partial charge in [0, 0.05) is 23.0 Å². The lowest BCUT2D eigenvalue weighted by Crippen LogP contribution is -2.01. The molecule has 1 rings (SSSR count). The summed E-state index contributed by atoms with van der Waals surface area (Å²) in [5, 5.41) is 0. The third kappa shape index (κ3) is 4.00. The van der Waals surface area contributed by atoms with Crippen molar-refractivity contribution in [1.82, 2.24) is 4.98 Å². The van der Waals surface area contributed by atoms with Gasteiger partial charge >= 0.3 is 0 Å². The number of pyridine rings is 1. The molecule has 1 aromatic heterocycles. The van der Waals surface area contributed by atoms with Gasteiger partial charge in [-0.1, -0.05) is 17.7 Å². The number of hydrogen-bond acceptors (Lipinski definition) is 1. The highest BCUT2D eigenvalue weighted by molar-refractivity contribution is 9.10. The van der Waals surface area contributed by atoms with E-state index in [4.69, 9.17) is 0 Å². The van der Waals surface area contributed by atoms with E-state index < -0.39 is 0 Å². The molecule has 0 aliphatic carbocycles. The minimum atomic E-state index is 0.362. The lowest BCUT2D eigenvalue weighted by molar-refractivity contribution is 0.771. The van der Waals surface area contributed by atoms with Gasteiger partial charge in [0.2, 0.25) is 0 Å². The first-order valence-electron chi connectivity index (χ1n) is 5.00. The van der Waals surface area contributed by atoms with Gasteiger partial charge in [-0.15, -0.1) is 6.58 Å². The molecular weight excluding hydrogens is 250 g/mol. The standard InChI is InChI=1S/C13H16BrN/c1-4-11(8-10(2)3)9-13-12(14)6-5-7-15-13/h4-8,11H,1,9H2,2-3H3/t11-/m0/s1. The van der Waals surface area contributed by atoms with Crippen molar-refractivity contribution in [2.45, 2.75) is 20.3 Å². The fourth-order valence-electron chi connectivity index (χ4n) is 1.43. The minimum absolute atomic E-state index is 0.362. The summed E-state index contributed by atoms with van der Waals surface area (Å²) >= 11 is 3.50. The van der Waals surface area contributed by atoms with E-state index in [1.54, 1.807) is 0 Å². The summed E-state index contributed by atoms with van der Waals surface area (Å²) in [4.78, 5) is 4.35. The van der Waals surface area contributed by atoms with E-state index in [0.29, 0.717) is 5.92 Å². The molecular formula is C13H16BrN. The number of nitrogens with zero attached hydrogens (tertiary/aromatic N) is 1. The highest BCUT2D eigenvalue weighted by atomic mass is 79.9. The molecule has 0 aromatic carbocycles. The van der Waals surface area contributed by atoms with E-state index in [2.05, 4.69) is 47.4 Å². The summed E-state index contributed by atoms with van der Waals surface area (Å²) in [6.07, 6.45) is 6.90. The molecule has 0 bridgehead atoms. The summed E-state index contributed by atoms with van der Waals surface area (Å²) in [7, 11) is 0. The molecule has 2 heteroatoms. The smallest absolute Gasteiger partial charge is 0.0554 e. The number of aromatic nitrogens is 1. The first-order chi connectivity index (χ1) is 7.13. The van der Waals surface area contributed by atoms with Gasteiger partial charge in [0.1, 0.15) is 0 Å². The highest BCUT2D eigenvalue weighted by Gasteiger charge is 2.06. The molecule has 80 valence electrons. The van der Waals surface area contributed by atoms with Crippen molar-refractivity contribution >= 4 is 15.9 Å². The Labute approximate surface area is 100 Å². The fourth-order valence-corrected chi connectivity index (χ4v) is 1.85. The zero-order valence-corrected chi connectivity index (χ0v) is 10.8. The molecule has 0 saturated carbocycles. The molecule has 1 nitrogen and oxygen atoms in total. The zero-order chi connectivity index (χ0) is 11.3. The van der Waals surface area contributed by atoms with E-state index in [1.165, 1.54) is 5.57 Å². The number of hydrogen-bond donors (Lipinski definition) is 0. The molecule has 15 heavy (non-hydrogen) atoms. The quantitative estimate of drug-likeness (QED) is 0.746. The van der Waals surface area contributed by atoms with E-state index in [1.807, 2.05) is 24.4 Å². The average molecular weight is 266 g/mol. The van der Waals surface area contributed by atoms with Gasteiger partial charge in [-0.3, -0.25) is 4.98 Å². The molecule has 1 aromatic rings. The number of rotatable bonds is 4. The van der Waals surface area contributed by atoms with Gasteiger partial charge in [0.15, 0.2) is 0 Å². The summed E-state index contributed by atoms with van der Waals surface area (Å²) in [5.41, 5.74) is 2.40.